The lowest BCUT2D eigenvalue weighted by Gasteiger charge is -2.27. The summed E-state index contributed by atoms with van der Waals surface area (Å²) >= 11 is 0. The molecule has 246 valence electrons. The Bertz CT molecular complexity index is 2100. The molecule has 3 N–H and O–H groups in total. The molecule has 1 aliphatic rings. The van der Waals surface area contributed by atoms with Gasteiger partial charge in [-0.05, 0) is 66.2 Å². The van der Waals surface area contributed by atoms with Crippen LogP contribution < -0.4 is 16.0 Å². The first kappa shape index (κ1) is 32.6. The Morgan fingerprint density at radius 2 is 1.67 bits per heavy atom. The molecule has 2 aromatic carbocycles. The maximum atomic E-state index is 13.6. The van der Waals surface area contributed by atoms with E-state index < -0.39 is 9.84 Å². The van der Waals surface area contributed by atoms with E-state index in [4.69, 9.17) is 0 Å². The highest BCUT2D eigenvalue weighted by molar-refractivity contribution is 7.90. The van der Waals surface area contributed by atoms with Crippen molar-refractivity contribution in [2.24, 2.45) is 7.05 Å². The van der Waals surface area contributed by atoms with Gasteiger partial charge in [0.15, 0.2) is 9.84 Å². The van der Waals surface area contributed by atoms with Gasteiger partial charge in [0, 0.05) is 99.9 Å². The molecule has 2 amide bonds. The highest BCUT2D eigenvalue weighted by Gasteiger charge is 2.22. The van der Waals surface area contributed by atoms with E-state index in [2.05, 4.69) is 42.8 Å². The summed E-state index contributed by atoms with van der Waals surface area (Å²) in [6.07, 6.45) is 7.09. The molecule has 1 aliphatic heterocycles. The fraction of sp³-hybridized carbons (Fsp3) is 0.257. The van der Waals surface area contributed by atoms with E-state index in [9.17, 15) is 18.0 Å². The van der Waals surface area contributed by atoms with Gasteiger partial charge in [-0.2, -0.15) is 5.10 Å². The SMILES string of the molecule is Cn1ccc(CS(=O)(=O)c2ccc(C(=O)NCc3ccn4ccnc4c3)cc2C#Cc2ccc(C(=O)NCCN3CCNCC3)cc2)n1. The number of sulfone groups is 1. The summed E-state index contributed by atoms with van der Waals surface area (Å²) in [7, 11) is -2.14. The average Bonchev–Trinajstić information content (AvgIpc) is 3.74. The van der Waals surface area contributed by atoms with Gasteiger partial charge in [0.05, 0.1) is 16.3 Å². The van der Waals surface area contributed by atoms with Crippen LogP contribution in [0.2, 0.25) is 0 Å². The largest absolute Gasteiger partial charge is 0.351 e. The molecule has 0 unspecified atom stereocenters. The number of piperazine rings is 1. The molecule has 1 saturated heterocycles. The minimum Gasteiger partial charge on any atom is -0.351 e. The lowest BCUT2D eigenvalue weighted by Crippen LogP contribution is -2.46. The van der Waals surface area contributed by atoms with Crippen LogP contribution in [-0.4, -0.2) is 83.6 Å². The fourth-order valence-corrected chi connectivity index (χ4v) is 6.83. The number of carbonyl (C=O) groups is 2. The molecule has 1 fully saturated rings. The van der Waals surface area contributed by atoms with Crippen molar-refractivity contribution in [3.63, 3.8) is 0 Å². The van der Waals surface area contributed by atoms with E-state index in [1.165, 1.54) is 18.2 Å². The second kappa shape index (κ2) is 14.6. The first-order valence-electron chi connectivity index (χ1n) is 15.6. The Hall–Kier alpha value is -5.29. The van der Waals surface area contributed by atoms with Gasteiger partial charge in [-0.3, -0.25) is 19.2 Å². The first-order chi connectivity index (χ1) is 23.2. The van der Waals surface area contributed by atoms with Crippen molar-refractivity contribution in [3.8, 4) is 11.8 Å². The average molecular weight is 665 g/mol. The predicted octanol–water partition coefficient (Wildman–Crippen LogP) is 2.01. The van der Waals surface area contributed by atoms with Crippen LogP contribution in [-0.2, 0) is 29.2 Å². The molecule has 6 rings (SSSR count). The van der Waals surface area contributed by atoms with Crippen molar-refractivity contribution >= 4 is 27.3 Å². The van der Waals surface area contributed by atoms with Gasteiger partial charge in [-0.15, -0.1) is 0 Å². The summed E-state index contributed by atoms with van der Waals surface area (Å²) in [5.41, 5.74) is 3.58. The monoisotopic (exact) mass is 664 g/mol. The van der Waals surface area contributed by atoms with E-state index >= 15 is 0 Å². The third kappa shape index (κ3) is 8.16. The quantitative estimate of drug-likeness (QED) is 0.193. The van der Waals surface area contributed by atoms with Crippen molar-refractivity contribution < 1.29 is 18.0 Å². The van der Waals surface area contributed by atoms with Crippen molar-refractivity contribution in [3.05, 3.63) is 119 Å². The van der Waals surface area contributed by atoms with E-state index in [1.807, 2.05) is 28.9 Å². The lowest BCUT2D eigenvalue weighted by atomic mass is 10.1. The van der Waals surface area contributed by atoms with Gasteiger partial charge < -0.3 is 20.4 Å². The third-order valence-electron chi connectivity index (χ3n) is 8.01. The number of nitrogens with zero attached hydrogens (tertiary/aromatic N) is 5. The summed E-state index contributed by atoms with van der Waals surface area (Å²) in [4.78, 5) is 32.5. The molecule has 0 spiro atoms. The normalized spacial score (nSPS) is 13.5. The second-order valence-corrected chi connectivity index (χ2v) is 13.5. The summed E-state index contributed by atoms with van der Waals surface area (Å²) in [6, 6.07) is 16.6. The number of hydrogen-bond acceptors (Lipinski definition) is 8. The van der Waals surface area contributed by atoms with E-state index in [0.29, 0.717) is 23.4 Å². The molecule has 3 aromatic heterocycles. The van der Waals surface area contributed by atoms with E-state index in [0.717, 1.165) is 43.9 Å². The molecule has 0 atom stereocenters. The van der Waals surface area contributed by atoms with Crippen LogP contribution in [0.5, 0.6) is 0 Å². The zero-order valence-corrected chi connectivity index (χ0v) is 27.3. The molecule has 0 radical (unpaired) electrons. The number of fused-ring (bicyclic) bond motifs is 1. The highest BCUT2D eigenvalue weighted by atomic mass is 32.2. The van der Waals surface area contributed by atoms with Crippen molar-refractivity contribution in [1.29, 1.82) is 0 Å². The second-order valence-electron chi connectivity index (χ2n) is 11.5. The van der Waals surface area contributed by atoms with Gasteiger partial charge in [-0.25, -0.2) is 13.4 Å². The highest BCUT2D eigenvalue weighted by Crippen LogP contribution is 2.22. The summed E-state index contributed by atoms with van der Waals surface area (Å²) in [5.74, 6) is 5.13. The number of pyridine rings is 1. The number of imidazole rings is 1. The number of aryl methyl sites for hydroxylation is 1. The summed E-state index contributed by atoms with van der Waals surface area (Å²) < 4.78 is 30.5. The van der Waals surface area contributed by atoms with Crippen LogP contribution >= 0.6 is 0 Å². The number of benzene rings is 2. The van der Waals surface area contributed by atoms with Gasteiger partial charge >= 0.3 is 0 Å². The summed E-state index contributed by atoms with van der Waals surface area (Å²) in [5, 5.41) is 13.4. The maximum Gasteiger partial charge on any atom is 0.251 e. The Labute approximate surface area is 279 Å². The minimum atomic E-state index is -3.86. The zero-order chi connectivity index (χ0) is 33.5. The first-order valence-corrected chi connectivity index (χ1v) is 17.3. The van der Waals surface area contributed by atoms with E-state index in [-0.39, 0.29) is 40.1 Å². The van der Waals surface area contributed by atoms with E-state index in [1.54, 1.807) is 54.5 Å². The molecule has 0 saturated carbocycles. The molecule has 12 nitrogen and oxygen atoms in total. The number of nitrogens with one attached hydrogen (secondary N) is 3. The van der Waals surface area contributed by atoms with Crippen molar-refractivity contribution in [1.82, 2.24) is 40.0 Å². The van der Waals surface area contributed by atoms with Gasteiger partial charge in [0.1, 0.15) is 5.65 Å². The van der Waals surface area contributed by atoms with Crippen LogP contribution in [0.15, 0.2) is 90.3 Å². The lowest BCUT2D eigenvalue weighted by molar-refractivity contribution is 0.0940. The number of amides is 2. The Morgan fingerprint density at radius 3 is 2.44 bits per heavy atom. The van der Waals surface area contributed by atoms with Crippen LogP contribution in [0.1, 0.15) is 43.1 Å². The molecular formula is C35H36N8O4S. The van der Waals surface area contributed by atoms with Crippen LogP contribution in [0.25, 0.3) is 5.65 Å². The van der Waals surface area contributed by atoms with Crippen molar-refractivity contribution in [2.45, 2.75) is 17.2 Å². The number of carbonyl (C=O) groups excluding carboxylic acids is 2. The topological polar surface area (TPSA) is 143 Å². The van der Waals surface area contributed by atoms with Crippen LogP contribution in [0.4, 0.5) is 0 Å². The standard InChI is InChI=1S/C35H36N8O4S/c1-41-16-11-31(40-41)25-48(46,47)32-9-8-30(35(45)39-24-27-10-17-43-21-15-37-33(43)22-27)23-29(32)7-4-26-2-5-28(6-3-26)34(44)38-14-20-42-18-12-36-13-19-42/h2-3,5-6,8-11,15-17,21-23,36H,12-14,18-20,24-25H2,1H3,(H,38,44)(H,39,45). The Balaban J connectivity index is 1.19. The van der Waals surface area contributed by atoms with Crippen molar-refractivity contribution in [2.75, 3.05) is 39.3 Å². The molecule has 0 aliphatic carbocycles. The Morgan fingerprint density at radius 1 is 0.896 bits per heavy atom. The summed E-state index contributed by atoms with van der Waals surface area (Å²) in [6.45, 7) is 5.45. The molecule has 48 heavy (non-hydrogen) atoms. The van der Waals surface area contributed by atoms with Crippen LogP contribution in [0, 0.1) is 11.8 Å². The number of hydrogen-bond donors (Lipinski definition) is 3. The van der Waals surface area contributed by atoms with Gasteiger partial charge in [0.25, 0.3) is 11.8 Å². The van der Waals surface area contributed by atoms with Crippen LogP contribution in [0.3, 0.4) is 0 Å². The Kier molecular flexibility index (Phi) is 9.96. The molecular weight excluding hydrogens is 629 g/mol. The molecule has 13 heteroatoms. The fourth-order valence-electron chi connectivity index (χ4n) is 5.41. The maximum absolute atomic E-state index is 13.6. The predicted molar refractivity (Wildman–Crippen MR) is 181 cm³/mol. The zero-order valence-electron chi connectivity index (χ0n) is 26.5. The molecule has 5 aromatic rings. The number of rotatable bonds is 10. The van der Waals surface area contributed by atoms with Gasteiger partial charge in [-0.1, -0.05) is 11.8 Å². The third-order valence-corrected chi connectivity index (χ3v) is 9.71. The number of aromatic nitrogens is 4. The molecule has 4 heterocycles. The minimum absolute atomic E-state index is 0.00227. The molecule has 0 bridgehead atoms. The van der Waals surface area contributed by atoms with Gasteiger partial charge in [0.2, 0.25) is 0 Å². The smallest absolute Gasteiger partial charge is 0.251 e.